The van der Waals surface area contributed by atoms with Crippen LogP contribution in [0.3, 0.4) is 0 Å². The van der Waals surface area contributed by atoms with Crippen molar-refractivity contribution in [1.29, 1.82) is 0 Å². The van der Waals surface area contributed by atoms with Crippen molar-refractivity contribution >= 4 is 28.2 Å². The van der Waals surface area contributed by atoms with Gasteiger partial charge in [-0.3, -0.25) is 4.79 Å². The average molecular weight is 380 g/mol. The molecule has 0 spiro atoms. The van der Waals surface area contributed by atoms with Gasteiger partial charge < -0.3 is 14.2 Å². The lowest BCUT2D eigenvalue weighted by Gasteiger charge is -2.03. The van der Waals surface area contributed by atoms with Crippen molar-refractivity contribution in [3.8, 4) is 11.5 Å². The summed E-state index contributed by atoms with van der Waals surface area (Å²) < 4.78 is 11.5. The standard InChI is InChI=1S/C21H20N2O3S/c1-12-4-6-17-15(10-25-21(17)13(12)2)8-20(24)22-9-16-5-7-19(26-16)18-11-27-14(3)23-18/h4-7,10-11H,8-9H2,1-3H3,(H,22,24). The lowest BCUT2D eigenvalue weighted by Crippen LogP contribution is -2.24. The van der Waals surface area contributed by atoms with E-state index in [0.29, 0.717) is 12.3 Å². The molecule has 1 aromatic carbocycles. The van der Waals surface area contributed by atoms with Gasteiger partial charge in [0.15, 0.2) is 5.76 Å². The highest BCUT2D eigenvalue weighted by Gasteiger charge is 2.14. The fraction of sp³-hybridized carbons (Fsp3) is 0.238. The molecule has 0 aliphatic rings. The highest BCUT2D eigenvalue weighted by molar-refractivity contribution is 7.09. The summed E-state index contributed by atoms with van der Waals surface area (Å²) in [5, 5.41) is 6.86. The van der Waals surface area contributed by atoms with Crippen molar-refractivity contribution in [3.05, 3.63) is 63.4 Å². The Morgan fingerprint density at radius 2 is 2.04 bits per heavy atom. The summed E-state index contributed by atoms with van der Waals surface area (Å²) >= 11 is 1.58. The van der Waals surface area contributed by atoms with Gasteiger partial charge in [0.25, 0.3) is 0 Å². The maximum absolute atomic E-state index is 12.4. The Bertz CT molecular complexity index is 1120. The number of amides is 1. The molecular formula is C21H20N2O3S. The van der Waals surface area contributed by atoms with Crippen LogP contribution in [0.1, 0.15) is 27.5 Å². The Balaban J connectivity index is 1.41. The highest BCUT2D eigenvalue weighted by Crippen LogP contribution is 2.27. The number of thiazole rings is 1. The van der Waals surface area contributed by atoms with E-state index in [1.165, 1.54) is 5.56 Å². The summed E-state index contributed by atoms with van der Waals surface area (Å²) in [6.07, 6.45) is 1.95. The summed E-state index contributed by atoms with van der Waals surface area (Å²) in [6, 6.07) is 7.81. The van der Waals surface area contributed by atoms with Gasteiger partial charge in [-0.05, 0) is 44.0 Å². The van der Waals surface area contributed by atoms with Crippen LogP contribution in [0.25, 0.3) is 22.4 Å². The minimum Gasteiger partial charge on any atom is -0.464 e. The summed E-state index contributed by atoms with van der Waals surface area (Å²) in [6.45, 7) is 6.38. The first-order valence-electron chi connectivity index (χ1n) is 8.75. The third-order valence-corrected chi connectivity index (χ3v) is 5.46. The smallest absolute Gasteiger partial charge is 0.224 e. The van der Waals surface area contributed by atoms with Crippen molar-refractivity contribution in [3.63, 3.8) is 0 Å². The van der Waals surface area contributed by atoms with Crippen molar-refractivity contribution < 1.29 is 13.6 Å². The van der Waals surface area contributed by atoms with Crippen molar-refractivity contribution in [2.45, 2.75) is 33.7 Å². The van der Waals surface area contributed by atoms with Crippen LogP contribution in [0.5, 0.6) is 0 Å². The number of benzene rings is 1. The Labute approximate surface area is 161 Å². The van der Waals surface area contributed by atoms with Crippen LogP contribution in [0, 0.1) is 20.8 Å². The summed E-state index contributed by atoms with van der Waals surface area (Å²) in [5.74, 6) is 1.35. The second kappa shape index (κ2) is 7.04. The molecule has 0 saturated heterocycles. The lowest BCUT2D eigenvalue weighted by molar-refractivity contribution is -0.120. The van der Waals surface area contributed by atoms with Crippen LogP contribution in [0.15, 0.2) is 44.7 Å². The second-order valence-electron chi connectivity index (χ2n) is 6.62. The molecule has 0 saturated carbocycles. The topological polar surface area (TPSA) is 68.3 Å². The molecule has 0 fully saturated rings. The molecule has 0 radical (unpaired) electrons. The number of furan rings is 2. The number of aryl methyl sites for hydroxylation is 3. The molecular weight excluding hydrogens is 360 g/mol. The highest BCUT2D eigenvalue weighted by atomic mass is 32.1. The molecule has 3 heterocycles. The van der Waals surface area contributed by atoms with Gasteiger partial charge in [-0.25, -0.2) is 4.98 Å². The molecule has 0 bridgehead atoms. The van der Waals surface area contributed by atoms with Crippen LogP contribution in [-0.2, 0) is 17.8 Å². The summed E-state index contributed by atoms with van der Waals surface area (Å²) in [5.41, 5.74) is 4.86. The van der Waals surface area contributed by atoms with Gasteiger partial charge in [0.05, 0.1) is 24.2 Å². The number of nitrogens with zero attached hydrogens (tertiary/aromatic N) is 1. The largest absolute Gasteiger partial charge is 0.464 e. The van der Waals surface area contributed by atoms with E-state index in [9.17, 15) is 4.79 Å². The number of carbonyl (C=O) groups is 1. The molecule has 1 N–H and O–H groups in total. The normalized spacial score (nSPS) is 11.2. The zero-order valence-electron chi connectivity index (χ0n) is 15.5. The van der Waals surface area contributed by atoms with E-state index in [2.05, 4.69) is 16.4 Å². The molecule has 0 unspecified atom stereocenters. The van der Waals surface area contributed by atoms with Crippen LogP contribution in [0.2, 0.25) is 0 Å². The van der Waals surface area contributed by atoms with E-state index >= 15 is 0 Å². The number of hydrogen-bond acceptors (Lipinski definition) is 5. The molecule has 138 valence electrons. The van der Waals surface area contributed by atoms with Gasteiger partial charge in [-0.2, -0.15) is 0 Å². The second-order valence-corrected chi connectivity index (χ2v) is 7.68. The van der Waals surface area contributed by atoms with Gasteiger partial charge in [0.2, 0.25) is 5.91 Å². The Morgan fingerprint density at radius 3 is 2.81 bits per heavy atom. The molecule has 6 heteroatoms. The van der Waals surface area contributed by atoms with Crippen LogP contribution in [0.4, 0.5) is 0 Å². The molecule has 0 aliphatic heterocycles. The average Bonchev–Trinajstić information content (AvgIpc) is 3.36. The Kier molecular flexibility index (Phi) is 4.58. The molecule has 4 aromatic rings. The maximum Gasteiger partial charge on any atom is 0.224 e. The van der Waals surface area contributed by atoms with E-state index in [-0.39, 0.29) is 12.3 Å². The first-order chi connectivity index (χ1) is 13.0. The SMILES string of the molecule is Cc1nc(-c2ccc(CNC(=O)Cc3coc4c(C)c(C)ccc34)o2)cs1. The number of aromatic nitrogens is 1. The van der Waals surface area contributed by atoms with E-state index < -0.39 is 0 Å². The number of carbonyl (C=O) groups excluding carboxylic acids is 1. The minimum absolute atomic E-state index is 0.0709. The summed E-state index contributed by atoms with van der Waals surface area (Å²) in [7, 11) is 0. The third kappa shape index (κ3) is 3.53. The quantitative estimate of drug-likeness (QED) is 0.533. The lowest BCUT2D eigenvalue weighted by atomic mass is 10.0. The number of rotatable bonds is 5. The van der Waals surface area contributed by atoms with E-state index in [0.717, 1.165) is 38.6 Å². The number of fused-ring (bicyclic) bond motifs is 1. The number of nitrogens with one attached hydrogen (secondary N) is 1. The van der Waals surface area contributed by atoms with Gasteiger partial charge in [0.1, 0.15) is 17.0 Å². The van der Waals surface area contributed by atoms with E-state index in [1.807, 2.05) is 44.4 Å². The zero-order valence-corrected chi connectivity index (χ0v) is 16.3. The zero-order chi connectivity index (χ0) is 19.0. The first kappa shape index (κ1) is 17.5. The summed E-state index contributed by atoms with van der Waals surface area (Å²) in [4.78, 5) is 16.8. The Hall–Kier alpha value is -2.86. The number of hydrogen-bond donors (Lipinski definition) is 1. The van der Waals surface area contributed by atoms with Crippen molar-refractivity contribution in [1.82, 2.24) is 10.3 Å². The minimum atomic E-state index is -0.0709. The van der Waals surface area contributed by atoms with E-state index in [4.69, 9.17) is 8.83 Å². The fourth-order valence-corrected chi connectivity index (χ4v) is 3.64. The van der Waals surface area contributed by atoms with Crippen LogP contribution in [-0.4, -0.2) is 10.9 Å². The molecule has 5 nitrogen and oxygen atoms in total. The van der Waals surface area contributed by atoms with Gasteiger partial charge in [0, 0.05) is 16.3 Å². The van der Waals surface area contributed by atoms with Gasteiger partial charge in [-0.15, -0.1) is 11.3 Å². The van der Waals surface area contributed by atoms with Gasteiger partial charge >= 0.3 is 0 Å². The van der Waals surface area contributed by atoms with Crippen LogP contribution < -0.4 is 5.32 Å². The van der Waals surface area contributed by atoms with E-state index in [1.54, 1.807) is 17.6 Å². The monoisotopic (exact) mass is 380 g/mol. The fourth-order valence-electron chi connectivity index (χ4n) is 3.03. The van der Waals surface area contributed by atoms with Crippen LogP contribution >= 0.6 is 11.3 Å². The first-order valence-corrected chi connectivity index (χ1v) is 9.63. The maximum atomic E-state index is 12.4. The predicted octanol–water partition coefficient (Wildman–Crippen LogP) is 4.93. The molecule has 0 aliphatic carbocycles. The molecule has 4 rings (SSSR count). The predicted molar refractivity (Wildman–Crippen MR) is 106 cm³/mol. The Morgan fingerprint density at radius 1 is 1.19 bits per heavy atom. The van der Waals surface area contributed by atoms with Crippen molar-refractivity contribution in [2.24, 2.45) is 0 Å². The molecule has 0 atom stereocenters. The van der Waals surface area contributed by atoms with Gasteiger partial charge in [-0.1, -0.05) is 12.1 Å². The molecule has 3 aromatic heterocycles. The third-order valence-electron chi connectivity index (χ3n) is 4.69. The molecule has 27 heavy (non-hydrogen) atoms. The molecule has 1 amide bonds. The van der Waals surface area contributed by atoms with Crippen molar-refractivity contribution in [2.75, 3.05) is 0 Å².